The smallest absolute Gasteiger partial charge is 0.271 e. The number of nitrogens with one attached hydrogen (secondary N) is 1. The number of rotatable bonds is 5. The Morgan fingerprint density at radius 3 is 2.40 bits per heavy atom. The van der Waals surface area contributed by atoms with Gasteiger partial charge in [-0.15, -0.1) is 0 Å². The van der Waals surface area contributed by atoms with Crippen molar-refractivity contribution in [1.82, 2.24) is 20.0 Å². The lowest BCUT2D eigenvalue weighted by atomic mass is 10.1. The summed E-state index contributed by atoms with van der Waals surface area (Å²) in [6.45, 7) is 18.0. The summed E-state index contributed by atoms with van der Waals surface area (Å²) in [5, 5.41) is 7.57. The number of hydrogen-bond acceptors (Lipinski definition) is 4. The van der Waals surface area contributed by atoms with Gasteiger partial charge in [-0.2, -0.15) is 5.10 Å². The molecule has 1 aromatic rings. The van der Waals surface area contributed by atoms with E-state index in [-0.39, 0.29) is 23.7 Å². The molecule has 6 heteroatoms. The van der Waals surface area contributed by atoms with Crippen LogP contribution in [0, 0.1) is 0 Å². The van der Waals surface area contributed by atoms with Crippen molar-refractivity contribution in [3.8, 4) is 0 Å². The summed E-state index contributed by atoms with van der Waals surface area (Å²) in [4.78, 5) is 14.8. The van der Waals surface area contributed by atoms with Gasteiger partial charge in [0.05, 0.1) is 17.7 Å². The molecule has 1 N–H and O–H groups in total. The quantitative estimate of drug-likeness (QED) is 0.887. The van der Waals surface area contributed by atoms with Crippen LogP contribution in [0.5, 0.6) is 0 Å². The van der Waals surface area contributed by atoms with Gasteiger partial charge in [0.25, 0.3) is 5.91 Å². The average molecular weight is 351 g/mol. The molecule has 2 atom stereocenters. The van der Waals surface area contributed by atoms with Gasteiger partial charge < -0.3 is 10.1 Å². The summed E-state index contributed by atoms with van der Waals surface area (Å²) in [5.41, 5.74) is 1.45. The number of nitrogens with zero attached hydrogens (tertiary/aromatic N) is 3. The maximum absolute atomic E-state index is 12.5. The SMILES string of the molecule is CC1CN(CCNC(=O)c2cc(C(C)C)n(C(C)(C)C)n2)CC(C)O1. The number of carbonyl (C=O) groups is 1. The molecule has 0 bridgehead atoms. The molecule has 1 amide bonds. The first kappa shape index (κ1) is 19.9. The second-order valence-electron chi connectivity index (χ2n) is 8.46. The Balaban J connectivity index is 1.95. The minimum atomic E-state index is -0.141. The fraction of sp³-hybridized carbons (Fsp3) is 0.789. The first-order valence-electron chi connectivity index (χ1n) is 9.34. The summed E-state index contributed by atoms with van der Waals surface area (Å²) in [6, 6.07) is 1.92. The molecular weight excluding hydrogens is 316 g/mol. The van der Waals surface area contributed by atoms with Gasteiger partial charge in [-0.3, -0.25) is 14.4 Å². The van der Waals surface area contributed by atoms with Crippen molar-refractivity contribution < 1.29 is 9.53 Å². The molecule has 1 saturated heterocycles. The Morgan fingerprint density at radius 1 is 1.32 bits per heavy atom. The standard InChI is InChI=1S/C19H34N4O2/c1-13(2)17-10-16(21-23(17)19(5,6)7)18(24)20-8-9-22-11-14(3)25-15(4)12-22/h10,13-15H,8-9,11-12H2,1-7H3,(H,20,24). The molecule has 1 aromatic heterocycles. The zero-order valence-electron chi connectivity index (χ0n) is 16.8. The Morgan fingerprint density at radius 2 is 1.92 bits per heavy atom. The highest BCUT2D eigenvalue weighted by Crippen LogP contribution is 2.23. The Hall–Kier alpha value is -1.40. The van der Waals surface area contributed by atoms with Crippen molar-refractivity contribution in [2.24, 2.45) is 0 Å². The Kier molecular flexibility index (Phi) is 6.27. The molecule has 2 rings (SSSR count). The van der Waals surface area contributed by atoms with Crippen LogP contribution in [0.15, 0.2) is 6.07 Å². The van der Waals surface area contributed by atoms with Crippen LogP contribution in [0.4, 0.5) is 0 Å². The van der Waals surface area contributed by atoms with Gasteiger partial charge in [0, 0.05) is 31.9 Å². The highest BCUT2D eigenvalue weighted by Gasteiger charge is 2.24. The minimum absolute atomic E-state index is 0.0979. The predicted octanol–water partition coefficient (Wildman–Crippen LogP) is 2.60. The molecule has 0 aliphatic carbocycles. The summed E-state index contributed by atoms with van der Waals surface area (Å²) in [5.74, 6) is 0.226. The van der Waals surface area contributed by atoms with Gasteiger partial charge in [0.15, 0.2) is 0 Å². The van der Waals surface area contributed by atoms with Crippen molar-refractivity contribution >= 4 is 5.91 Å². The third kappa shape index (κ3) is 5.28. The van der Waals surface area contributed by atoms with Crippen LogP contribution in [0.2, 0.25) is 0 Å². The van der Waals surface area contributed by atoms with Crippen molar-refractivity contribution in [3.05, 3.63) is 17.5 Å². The molecule has 1 fully saturated rings. The molecule has 0 saturated carbocycles. The molecule has 2 heterocycles. The van der Waals surface area contributed by atoms with E-state index in [1.807, 2.05) is 10.7 Å². The third-order valence-corrected chi connectivity index (χ3v) is 4.41. The lowest BCUT2D eigenvalue weighted by Gasteiger charge is -2.35. The largest absolute Gasteiger partial charge is 0.373 e. The molecule has 1 aliphatic rings. The van der Waals surface area contributed by atoms with E-state index < -0.39 is 0 Å². The first-order chi connectivity index (χ1) is 11.6. The van der Waals surface area contributed by atoms with Crippen LogP contribution in [-0.2, 0) is 10.3 Å². The second-order valence-corrected chi connectivity index (χ2v) is 8.46. The summed E-state index contributed by atoms with van der Waals surface area (Å²) < 4.78 is 7.71. The van der Waals surface area contributed by atoms with Gasteiger partial charge in [0.2, 0.25) is 0 Å². The van der Waals surface area contributed by atoms with Crippen molar-refractivity contribution in [2.75, 3.05) is 26.2 Å². The summed E-state index contributed by atoms with van der Waals surface area (Å²) >= 11 is 0. The van der Waals surface area contributed by atoms with Crippen LogP contribution in [-0.4, -0.2) is 59.0 Å². The normalized spacial score (nSPS) is 22.4. The Labute approximate surface area is 151 Å². The predicted molar refractivity (Wildman–Crippen MR) is 100 cm³/mol. The highest BCUT2D eigenvalue weighted by molar-refractivity contribution is 5.92. The number of morpholine rings is 1. The lowest BCUT2D eigenvalue weighted by Crippen LogP contribution is -2.47. The fourth-order valence-electron chi connectivity index (χ4n) is 3.34. The van der Waals surface area contributed by atoms with E-state index >= 15 is 0 Å². The number of hydrogen-bond donors (Lipinski definition) is 1. The molecule has 142 valence electrons. The molecule has 0 radical (unpaired) electrons. The van der Waals surface area contributed by atoms with E-state index in [1.165, 1.54) is 0 Å². The number of carbonyl (C=O) groups excluding carboxylic acids is 1. The molecular formula is C19H34N4O2. The topological polar surface area (TPSA) is 59.4 Å². The highest BCUT2D eigenvalue weighted by atomic mass is 16.5. The number of ether oxygens (including phenoxy) is 1. The maximum atomic E-state index is 12.5. The van der Waals surface area contributed by atoms with Gasteiger partial charge in [-0.1, -0.05) is 13.8 Å². The number of aromatic nitrogens is 2. The zero-order valence-corrected chi connectivity index (χ0v) is 16.8. The van der Waals surface area contributed by atoms with E-state index in [4.69, 9.17) is 4.74 Å². The van der Waals surface area contributed by atoms with Gasteiger partial charge >= 0.3 is 0 Å². The molecule has 2 unspecified atom stereocenters. The Bertz CT molecular complexity index is 579. The number of amides is 1. The molecule has 0 spiro atoms. The maximum Gasteiger partial charge on any atom is 0.271 e. The first-order valence-corrected chi connectivity index (χ1v) is 9.34. The van der Waals surface area contributed by atoms with Crippen LogP contribution in [0.3, 0.4) is 0 Å². The van der Waals surface area contributed by atoms with Crippen LogP contribution in [0.25, 0.3) is 0 Å². The van der Waals surface area contributed by atoms with E-state index in [2.05, 4.69) is 63.8 Å². The van der Waals surface area contributed by atoms with Crippen LogP contribution in [0.1, 0.15) is 70.6 Å². The molecule has 25 heavy (non-hydrogen) atoms. The van der Waals surface area contributed by atoms with Crippen molar-refractivity contribution in [3.63, 3.8) is 0 Å². The lowest BCUT2D eigenvalue weighted by molar-refractivity contribution is -0.0672. The average Bonchev–Trinajstić information content (AvgIpc) is 2.91. The molecule has 1 aliphatic heterocycles. The van der Waals surface area contributed by atoms with Gasteiger partial charge in [-0.05, 0) is 46.6 Å². The van der Waals surface area contributed by atoms with Crippen LogP contribution >= 0.6 is 0 Å². The summed E-state index contributed by atoms with van der Waals surface area (Å²) in [6.07, 6.45) is 0.492. The van der Waals surface area contributed by atoms with E-state index in [0.29, 0.717) is 18.2 Å². The van der Waals surface area contributed by atoms with E-state index in [9.17, 15) is 4.79 Å². The molecule has 6 nitrogen and oxygen atoms in total. The fourth-order valence-corrected chi connectivity index (χ4v) is 3.34. The minimum Gasteiger partial charge on any atom is -0.373 e. The van der Waals surface area contributed by atoms with E-state index in [0.717, 1.165) is 25.3 Å². The van der Waals surface area contributed by atoms with Crippen molar-refractivity contribution in [1.29, 1.82) is 0 Å². The summed E-state index contributed by atoms with van der Waals surface area (Å²) in [7, 11) is 0. The van der Waals surface area contributed by atoms with Crippen LogP contribution < -0.4 is 5.32 Å². The zero-order chi connectivity index (χ0) is 18.8. The van der Waals surface area contributed by atoms with Gasteiger partial charge in [-0.25, -0.2) is 0 Å². The molecule has 0 aromatic carbocycles. The third-order valence-electron chi connectivity index (χ3n) is 4.41. The second kappa shape index (κ2) is 7.87. The van der Waals surface area contributed by atoms with Gasteiger partial charge in [0.1, 0.15) is 5.69 Å². The van der Waals surface area contributed by atoms with Crippen molar-refractivity contribution in [2.45, 2.75) is 72.1 Å². The monoisotopic (exact) mass is 350 g/mol. The van der Waals surface area contributed by atoms with E-state index in [1.54, 1.807) is 0 Å².